The Morgan fingerprint density at radius 2 is 1.82 bits per heavy atom. The first-order valence-corrected chi connectivity index (χ1v) is 13.3. The fraction of sp³-hybridized carbons (Fsp3) is 0.344. The smallest absolute Gasteiger partial charge is 0.411 e. The molecule has 7 heteroatoms. The molecule has 206 valence electrons. The number of aliphatic hydroxyl groups is 1. The predicted molar refractivity (Wildman–Crippen MR) is 152 cm³/mol. The third kappa shape index (κ3) is 7.34. The second-order valence-corrected chi connectivity index (χ2v) is 9.99. The summed E-state index contributed by atoms with van der Waals surface area (Å²) in [5, 5.41) is 12.2. The molecule has 0 radical (unpaired) electrons. The minimum atomic E-state index is -0.639. The van der Waals surface area contributed by atoms with E-state index < -0.39 is 12.4 Å². The van der Waals surface area contributed by atoms with Crippen LogP contribution in [0.15, 0.2) is 91.5 Å². The van der Waals surface area contributed by atoms with Crippen LogP contribution in [0.5, 0.6) is 0 Å². The second kappa shape index (κ2) is 13.5. The SMILES string of the molecule is C=CCOC(=O)Nc1cccc(C2OC(CN(C)C(C)c3ccccc3)C(C)C(c3ccc(CO)cc3)O2)c1. The summed E-state index contributed by atoms with van der Waals surface area (Å²) in [6, 6.07) is 25.9. The van der Waals surface area contributed by atoms with Crippen molar-refractivity contribution < 1.29 is 24.1 Å². The molecule has 0 bridgehead atoms. The maximum Gasteiger partial charge on any atom is 0.411 e. The molecule has 1 aliphatic heterocycles. The number of nitrogens with zero attached hydrogens (tertiary/aromatic N) is 1. The van der Waals surface area contributed by atoms with Crippen molar-refractivity contribution in [3.8, 4) is 0 Å². The van der Waals surface area contributed by atoms with E-state index in [0.717, 1.165) is 16.7 Å². The fourth-order valence-corrected chi connectivity index (χ4v) is 4.81. The highest BCUT2D eigenvalue weighted by Gasteiger charge is 2.39. The van der Waals surface area contributed by atoms with E-state index in [1.807, 2.05) is 48.5 Å². The Morgan fingerprint density at radius 3 is 2.51 bits per heavy atom. The number of benzene rings is 3. The van der Waals surface area contributed by atoms with Crippen LogP contribution >= 0.6 is 0 Å². The van der Waals surface area contributed by atoms with Crippen LogP contribution in [0.1, 0.15) is 54.5 Å². The first-order valence-electron chi connectivity index (χ1n) is 13.3. The van der Waals surface area contributed by atoms with Crippen LogP contribution in [0, 0.1) is 5.92 Å². The number of aliphatic hydroxyl groups excluding tert-OH is 1. The van der Waals surface area contributed by atoms with E-state index in [-0.39, 0.29) is 37.4 Å². The van der Waals surface area contributed by atoms with Gasteiger partial charge in [-0.2, -0.15) is 0 Å². The number of hydrogen-bond donors (Lipinski definition) is 2. The van der Waals surface area contributed by atoms with E-state index in [2.05, 4.69) is 62.0 Å². The minimum Gasteiger partial charge on any atom is -0.445 e. The second-order valence-electron chi connectivity index (χ2n) is 9.99. The number of carbonyl (C=O) groups is 1. The summed E-state index contributed by atoms with van der Waals surface area (Å²) >= 11 is 0. The van der Waals surface area contributed by atoms with E-state index in [9.17, 15) is 9.90 Å². The molecule has 1 heterocycles. The van der Waals surface area contributed by atoms with Crippen LogP contribution < -0.4 is 5.32 Å². The zero-order chi connectivity index (χ0) is 27.8. The van der Waals surface area contributed by atoms with Crippen molar-refractivity contribution in [3.63, 3.8) is 0 Å². The summed E-state index contributed by atoms with van der Waals surface area (Å²) < 4.78 is 18.2. The van der Waals surface area contributed by atoms with Gasteiger partial charge < -0.3 is 19.3 Å². The van der Waals surface area contributed by atoms with Gasteiger partial charge in [0.05, 0.1) is 18.8 Å². The summed E-state index contributed by atoms with van der Waals surface area (Å²) in [5.74, 6) is 0.0573. The molecule has 3 aromatic rings. The fourth-order valence-electron chi connectivity index (χ4n) is 4.81. The van der Waals surface area contributed by atoms with E-state index in [1.54, 1.807) is 6.07 Å². The van der Waals surface area contributed by atoms with Gasteiger partial charge in [0.15, 0.2) is 6.29 Å². The molecular formula is C32H38N2O5. The zero-order valence-corrected chi connectivity index (χ0v) is 22.8. The molecule has 5 unspecified atom stereocenters. The summed E-state index contributed by atoms with van der Waals surface area (Å²) in [5.41, 5.74) is 4.51. The van der Waals surface area contributed by atoms with Crippen molar-refractivity contribution in [1.82, 2.24) is 4.90 Å². The zero-order valence-electron chi connectivity index (χ0n) is 22.8. The Morgan fingerprint density at radius 1 is 1.08 bits per heavy atom. The number of likely N-dealkylation sites (N-methyl/N-ethyl adjacent to an activating group) is 1. The van der Waals surface area contributed by atoms with Crippen molar-refractivity contribution in [2.75, 3.05) is 25.5 Å². The summed E-state index contributed by atoms with van der Waals surface area (Å²) in [4.78, 5) is 14.4. The van der Waals surface area contributed by atoms with Crippen LogP contribution in [-0.2, 0) is 20.8 Å². The molecule has 0 aliphatic carbocycles. The minimum absolute atomic E-state index is 0.00703. The Kier molecular flexibility index (Phi) is 9.90. The van der Waals surface area contributed by atoms with Crippen molar-refractivity contribution in [3.05, 3.63) is 114 Å². The van der Waals surface area contributed by atoms with Gasteiger partial charge in [-0.15, -0.1) is 0 Å². The molecule has 4 rings (SSSR count). The molecule has 2 N–H and O–H groups in total. The first kappa shape index (κ1) is 28.5. The van der Waals surface area contributed by atoms with E-state index in [0.29, 0.717) is 12.2 Å². The largest absolute Gasteiger partial charge is 0.445 e. The summed E-state index contributed by atoms with van der Waals surface area (Å²) in [6.45, 7) is 8.74. The highest BCUT2D eigenvalue weighted by atomic mass is 16.7. The van der Waals surface area contributed by atoms with Crippen LogP contribution in [0.3, 0.4) is 0 Å². The van der Waals surface area contributed by atoms with E-state index in [4.69, 9.17) is 14.2 Å². The highest BCUT2D eigenvalue weighted by molar-refractivity contribution is 5.84. The quantitative estimate of drug-likeness (QED) is 0.295. The predicted octanol–water partition coefficient (Wildman–Crippen LogP) is 6.40. The van der Waals surface area contributed by atoms with Crippen LogP contribution in [0.4, 0.5) is 10.5 Å². The standard InChI is InChI=1S/C32H38N2O5/c1-5-18-37-32(36)33-28-13-9-12-27(19-28)31-38-29(20-34(4)23(3)25-10-7-6-8-11-25)22(2)30(39-31)26-16-14-24(21-35)15-17-26/h5-17,19,22-23,29-31,35H,1,18,20-21H2,2-4H3,(H,33,36). The molecule has 0 saturated carbocycles. The molecule has 1 saturated heterocycles. The maximum absolute atomic E-state index is 12.1. The van der Waals surface area contributed by atoms with Gasteiger partial charge in [0.1, 0.15) is 6.61 Å². The molecule has 1 aliphatic rings. The molecule has 1 fully saturated rings. The molecule has 7 nitrogen and oxygen atoms in total. The van der Waals surface area contributed by atoms with Gasteiger partial charge in [-0.3, -0.25) is 10.2 Å². The van der Waals surface area contributed by atoms with Crippen molar-refractivity contribution >= 4 is 11.8 Å². The molecule has 0 aromatic heterocycles. The topological polar surface area (TPSA) is 80.3 Å². The number of nitrogens with one attached hydrogen (secondary N) is 1. The van der Waals surface area contributed by atoms with Gasteiger partial charge in [0.2, 0.25) is 0 Å². The van der Waals surface area contributed by atoms with Gasteiger partial charge in [0.25, 0.3) is 0 Å². The Bertz CT molecular complexity index is 1220. The number of anilines is 1. The third-order valence-electron chi connectivity index (χ3n) is 7.27. The summed E-state index contributed by atoms with van der Waals surface area (Å²) in [6.07, 6.45) is -0.0283. The lowest BCUT2D eigenvalue weighted by Crippen LogP contribution is -2.44. The van der Waals surface area contributed by atoms with Crippen LogP contribution in [0.2, 0.25) is 0 Å². The molecule has 1 amide bonds. The average molecular weight is 531 g/mol. The van der Waals surface area contributed by atoms with Gasteiger partial charge in [-0.1, -0.05) is 86.3 Å². The van der Waals surface area contributed by atoms with Crippen molar-refractivity contribution in [1.29, 1.82) is 0 Å². The maximum atomic E-state index is 12.1. The molecular weight excluding hydrogens is 492 g/mol. The lowest BCUT2D eigenvalue weighted by atomic mass is 9.89. The number of amides is 1. The Balaban J connectivity index is 1.58. The first-order chi connectivity index (χ1) is 18.9. The van der Waals surface area contributed by atoms with E-state index >= 15 is 0 Å². The van der Waals surface area contributed by atoms with Crippen molar-refractivity contribution in [2.45, 2.75) is 45.0 Å². The van der Waals surface area contributed by atoms with Crippen LogP contribution in [-0.4, -0.2) is 42.4 Å². The number of carbonyl (C=O) groups excluding carboxylic acids is 1. The summed E-state index contributed by atoms with van der Waals surface area (Å²) in [7, 11) is 2.11. The monoisotopic (exact) mass is 530 g/mol. The number of ether oxygens (including phenoxy) is 3. The molecule has 0 spiro atoms. The lowest BCUT2D eigenvalue weighted by Gasteiger charge is -2.43. The molecule has 5 atom stereocenters. The normalized spacial score (nSPS) is 21.8. The highest BCUT2D eigenvalue weighted by Crippen LogP contribution is 2.42. The van der Waals surface area contributed by atoms with Gasteiger partial charge >= 0.3 is 6.09 Å². The third-order valence-corrected chi connectivity index (χ3v) is 7.27. The lowest BCUT2D eigenvalue weighted by molar-refractivity contribution is -0.276. The number of rotatable bonds is 10. The molecule has 39 heavy (non-hydrogen) atoms. The Labute approximate surface area is 231 Å². The van der Waals surface area contributed by atoms with Crippen molar-refractivity contribution in [2.24, 2.45) is 5.92 Å². The van der Waals surface area contributed by atoms with Gasteiger partial charge in [0, 0.05) is 29.8 Å². The van der Waals surface area contributed by atoms with Gasteiger partial charge in [-0.25, -0.2) is 4.79 Å². The van der Waals surface area contributed by atoms with Gasteiger partial charge in [-0.05, 0) is 42.8 Å². The van der Waals surface area contributed by atoms with E-state index in [1.165, 1.54) is 11.6 Å². The molecule has 3 aromatic carbocycles. The Hall–Kier alpha value is -3.49. The number of hydrogen-bond acceptors (Lipinski definition) is 6. The average Bonchev–Trinajstić information content (AvgIpc) is 2.97. The van der Waals surface area contributed by atoms with Crippen LogP contribution in [0.25, 0.3) is 0 Å².